The maximum Gasteiger partial charge on any atom is 0.245 e. The van der Waals surface area contributed by atoms with Crippen LogP contribution in [0.4, 0.5) is 5.95 Å². The lowest BCUT2D eigenvalue weighted by molar-refractivity contribution is -0.124. The van der Waals surface area contributed by atoms with E-state index >= 15 is 0 Å². The minimum absolute atomic E-state index is 0.0429. The number of anilines is 1. The van der Waals surface area contributed by atoms with E-state index in [0.717, 1.165) is 44.3 Å². The molecule has 1 amide bonds. The number of rotatable bonds is 5. The zero-order valence-corrected chi connectivity index (χ0v) is 15.1. The first-order chi connectivity index (χ1) is 11.5. The number of aromatic nitrogens is 4. The lowest BCUT2D eigenvalue weighted by Gasteiger charge is -2.33. The monoisotopic (exact) mass is 334 g/mol. The summed E-state index contributed by atoms with van der Waals surface area (Å²) < 4.78 is 2.04. The molecule has 134 valence electrons. The molecule has 2 fully saturated rings. The van der Waals surface area contributed by atoms with Crippen molar-refractivity contribution < 1.29 is 4.79 Å². The second-order valence-corrected chi connectivity index (χ2v) is 7.85. The van der Waals surface area contributed by atoms with E-state index in [1.165, 1.54) is 19.3 Å². The third kappa shape index (κ3) is 3.87. The molecule has 1 saturated heterocycles. The van der Waals surface area contributed by atoms with E-state index in [-0.39, 0.29) is 11.8 Å². The number of carbonyl (C=O) groups excluding carboxylic acids is 1. The molecule has 3 rings (SSSR count). The third-order valence-electron chi connectivity index (χ3n) is 5.38. The van der Waals surface area contributed by atoms with E-state index in [1.54, 1.807) is 0 Å². The summed E-state index contributed by atoms with van der Waals surface area (Å²) in [5, 5.41) is 15.6. The molecule has 2 heterocycles. The van der Waals surface area contributed by atoms with Gasteiger partial charge in [-0.15, -0.1) is 0 Å². The summed E-state index contributed by atoms with van der Waals surface area (Å²) in [5.74, 6) is 2.31. The van der Waals surface area contributed by atoms with Gasteiger partial charge in [0, 0.05) is 25.6 Å². The van der Waals surface area contributed by atoms with Crippen molar-refractivity contribution in [2.45, 2.75) is 58.9 Å². The Morgan fingerprint density at radius 3 is 2.88 bits per heavy atom. The van der Waals surface area contributed by atoms with Crippen LogP contribution in [0.15, 0.2) is 0 Å². The topological polar surface area (TPSA) is 75.9 Å². The fraction of sp³-hybridized carbons (Fsp3) is 0.882. The van der Waals surface area contributed by atoms with Crippen molar-refractivity contribution in [2.75, 3.05) is 24.5 Å². The van der Waals surface area contributed by atoms with Crippen molar-refractivity contribution in [3.63, 3.8) is 0 Å². The fourth-order valence-corrected chi connectivity index (χ4v) is 3.89. The predicted octanol–water partition coefficient (Wildman–Crippen LogP) is 2.02. The van der Waals surface area contributed by atoms with Gasteiger partial charge in [-0.3, -0.25) is 4.79 Å². The Hall–Kier alpha value is -1.66. The molecule has 3 atom stereocenters. The molecule has 1 N–H and O–H groups in total. The average Bonchev–Trinajstić information content (AvgIpc) is 3.21. The zero-order valence-electron chi connectivity index (χ0n) is 15.1. The van der Waals surface area contributed by atoms with E-state index < -0.39 is 0 Å². The van der Waals surface area contributed by atoms with E-state index in [9.17, 15) is 4.79 Å². The fourth-order valence-electron chi connectivity index (χ4n) is 3.89. The van der Waals surface area contributed by atoms with Gasteiger partial charge in [-0.05, 0) is 54.4 Å². The van der Waals surface area contributed by atoms with Gasteiger partial charge in [0.2, 0.25) is 11.9 Å². The van der Waals surface area contributed by atoms with Gasteiger partial charge in [0.15, 0.2) is 0 Å². The van der Waals surface area contributed by atoms with Crippen molar-refractivity contribution in [3.05, 3.63) is 0 Å². The van der Waals surface area contributed by atoms with Crippen LogP contribution in [0.2, 0.25) is 0 Å². The molecule has 3 unspecified atom stereocenters. The number of amides is 1. The number of nitrogens with one attached hydrogen (secondary N) is 1. The highest BCUT2D eigenvalue weighted by Gasteiger charge is 2.30. The molecule has 0 bridgehead atoms. The SMILES string of the molecule is CC1CCC(n2nnnc2N2CCCC(CNC(=O)C(C)C)C2)C1. The number of tetrazole rings is 1. The number of carbonyl (C=O) groups is 1. The molecule has 7 nitrogen and oxygen atoms in total. The van der Waals surface area contributed by atoms with E-state index in [2.05, 4.69) is 32.7 Å². The van der Waals surface area contributed by atoms with Gasteiger partial charge >= 0.3 is 0 Å². The number of hydrogen-bond acceptors (Lipinski definition) is 5. The highest BCUT2D eigenvalue weighted by atomic mass is 16.1. The lowest BCUT2D eigenvalue weighted by Crippen LogP contribution is -2.43. The molecule has 7 heteroatoms. The maximum absolute atomic E-state index is 11.8. The molecule has 24 heavy (non-hydrogen) atoms. The Kier molecular flexibility index (Phi) is 5.36. The molecule has 0 spiro atoms. The van der Waals surface area contributed by atoms with Gasteiger partial charge in [0.25, 0.3) is 0 Å². The number of hydrogen-bond donors (Lipinski definition) is 1. The first-order valence-electron chi connectivity index (χ1n) is 9.35. The second-order valence-electron chi connectivity index (χ2n) is 7.85. The highest BCUT2D eigenvalue weighted by molar-refractivity contribution is 5.77. The average molecular weight is 334 g/mol. The van der Waals surface area contributed by atoms with Crippen LogP contribution in [0.3, 0.4) is 0 Å². The molecule has 1 aromatic rings. The van der Waals surface area contributed by atoms with E-state index in [1.807, 2.05) is 18.5 Å². The van der Waals surface area contributed by atoms with Crippen molar-refractivity contribution in [1.82, 2.24) is 25.5 Å². The van der Waals surface area contributed by atoms with Crippen molar-refractivity contribution in [3.8, 4) is 0 Å². The van der Waals surface area contributed by atoms with Crippen LogP contribution in [0.1, 0.15) is 58.9 Å². The molecule has 0 aromatic carbocycles. The minimum Gasteiger partial charge on any atom is -0.356 e. The van der Waals surface area contributed by atoms with Crippen LogP contribution in [0.25, 0.3) is 0 Å². The van der Waals surface area contributed by atoms with Gasteiger partial charge < -0.3 is 10.2 Å². The van der Waals surface area contributed by atoms with Crippen molar-refractivity contribution in [1.29, 1.82) is 0 Å². The summed E-state index contributed by atoms with van der Waals surface area (Å²) in [6.07, 6.45) is 5.86. The van der Waals surface area contributed by atoms with Gasteiger partial charge in [0.05, 0.1) is 6.04 Å². The van der Waals surface area contributed by atoms with Gasteiger partial charge in [-0.25, -0.2) is 4.68 Å². The Balaban J connectivity index is 1.61. The molecule has 2 aliphatic rings. The normalized spacial score (nSPS) is 27.7. The van der Waals surface area contributed by atoms with Crippen LogP contribution < -0.4 is 10.2 Å². The molecule has 1 aliphatic carbocycles. The summed E-state index contributed by atoms with van der Waals surface area (Å²) in [6, 6.07) is 0.436. The Morgan fingerprint density at radius 1 is 1.33 bits per heavy atom. The molecule has 1 saturated carbocycles. The molecular formula is C17H30N6O. The van der Waals surface area contributed by atoms with Gasteiger partial charge in [-0.2, -0.15) is 0 Å². The summed E-state index contributed by atoms with van der Waals surface area (Å²) >= 11 is 0. The van der Waals surface area contributed by atoms with Crippen molar-refractivity contribution in [2.24, 2.45) is 17.8 Å². The Morgan fingerprint density at radius 2 is 2.17 bits per heavy atom. The van der Waals surface area contributed by atoms with Crippen LogP contribution in [-0.2, 0) is 4.79 Å². The smallest absolute Gasteiger partial charge is 0.245 e. The second kappa shape index (κ2) is 7.49. The maximum atomic E-state index is 11.8. The highest BCUT2D eigenvalue weighted by Crippen LogP contribution is 2.35. The quantitative estimate of drug-likeness (QED) is 0.891. The van der Waals surface area contributed by atoms with Crippen LogP contribution >= 0.6 is 0 Å². The summed E-state index contributed by atoms with van der Waals surface area (Å²) in [5.41, 5.74) is 0. The number of piperidine rings is 1. The molecule has 1 aromatic heterocycles. The zero-order chi connectivity index (χ0) is 17.1. The summed E-state index contributed by atoms with van der Waals surface area (Å²) in [7, 11) is 0. The third-order valence-corrected chi connectivity index (χ3v) is 5.38. The standard InChI is InChI=1S/C17H30N6O/c1-12(2)16(24)18-10-14-5-4-8-22(11-14)17-19-20-21-23(17)15-7-6-13(3)9-15/h12-15H,4-11H2,1-3H3,(H,18,24). The summed E-state index contributed by atoms with van der Waals surface area (Å²) in [6.45, 7) is 8.82. The van der Waals surface area contributed by atoms with Crippen LogP contribution in [-0.4, -0.2) is 45.7 Å². The lowest BCUT2D eigenvalue weighted by atomic mass is 9.98. The molecular weight excluding hydrogens is 304 g/mol. The minimum atomic E-state index is 0.0429. The van der Waals surface area contributed by atoms with Crippen molar-refractivity contribution >= 4 is 11.9 Å². The van der Waals surface area contributed by atoms with E-state index in [4.69, 9.17) is 0 Å². The largest absolute Gasteiger partial charge is 0.356 e. The first-order valence-corrected chi connectivity index (χ1v) is 9.35. The van der Waals surface area contributed by atoms with E-state index in [0.29, 0.717) is 12.0 Å². The predicted molar refractivity (Wildman–Crippen MR) is 92.7 cm³/mol. The van der Waals surface area contributed by atoms with Crippen LogP contribution in [0.5, 0.6) is 0 Å². The Bertz CT molecular complexity index is 557. The molecule has 1 aliphatic heterocycles. The Labute approximate surface area is 144 Å². The van der Waals surface area contributed by atoms with Crippen LogP contribution in [0, 0.1) is 17.8 Å². The first kappa shape index (κ1) is 17.2. The summed E-state index contributed by atoms with van der Waals surface area (Å²) in [4.78, 5) is 14.1. The number of nitrogens with zero attached hydrogens (tertiary/aromatic N) is 5. The molecule has 0 radical (unpaired) electrons. The van der Waals surface area contributed by atoms with Gasteiger partial charge in [-0.1, -0.05) is 25.9 Å². The van der Waals surface area contributed by atoms with Gasteiger partial charge in [0.1, 0.15) is 0 Å².